The van der Waals surface area contributed by atoms with Gasteiger partial charge >= 0.3 is 12.0 Å². The molecule has 8 heteroatoms. The molecule has 132 valence electrons. The average molecular weight is 345 g/mol. The van der Waals surface area contributed by atoms with Gasteiger partial charge in [0.05, 0.1) is 5.92 Å². The second-order valence-electron chi connectivity index (χ2n) is 6.63. The van der Waals surface area contributed by atoms with Crippen molar-refractivity contribution in [2.75, 3.05) is 0 Å². The molecule has 1 unspecified atom stereocenters. The Morgan fingerprint density at radius 1 is 1.28 bits per heavy atom. The maximum Gasteiger partial charge on any atom is 0.322 e. The van der Waals surface area contributed by atoms with Crippen LogP contribution in [0.4, 0.5) is 4.79 Å². The van der Waals surface area contributed by atoms with E-state index >= 15 is 0 Å². The highest BCUT2D eigenvalue weighted by molar-refractivity contribution is 6.07. The molecule has 4 amide bonds. The number of benzene rings is 1. The number of aliphatic carboxylic acids is 1. The molecule has 1 aromatic carbocycles. The zero-order chi connectivity index (χ0) is 18.2. The van der Waals surface area contributed by atoms with Crippen LogP contribution in [0.5, 0.6) is 0 Å². The highest BCUT2D eigenvalue weighted by atomic mass is 16.4. The first-order valence-electron chi connectivity index (χ1n) is 8.07. The van der Waals surface area contributed by atoms with Gasteiger partial charge in [0.15, 0.2) is 0 Å². The van der Waals surface area contributed by atoms with Gasteiger partial charge in [0.1, 0.15) is 5.54 Å². The maximum absolute atomic E-state index is 12.4. The number of rotatable bonds is 4. The standard InChI is InChI=1S/C17H19N3O5/c1-17(15(24)19-16(25)20-17)11-4-2-3-9(7-11)13(21)18-12-6-5-10(8-12)14(22)23/h2-4,7,10,12H,5-6,8H2,1H3,(H,18,21)(H,22,23)(H2,19,20,24,25)/t10-,12+,17?/m1/s1. The summed E-state index contributed by atoms with van der Waals surface area (Å²) >= 11 is 0. The first-order valence-corrected chi connectivity index (χ1v) is 8.07. The lowest BCUT2D eigenvalue weighted by Gasteiger charge is -2.22. The number of carboxylic acids is 1. The summed E-state index contributed by atoms with van der Waals surface area (Å²) in [6.45, 7) is 1.57. The van der Waals surface area contributed by atoms with Crippen LogP contribution in [0.25, 0.3) is 0 Å². The van der Waals surface area contributed by atoms with Gasteiger partial charge in [-0.2, -0.15) is 0 Å². The SMILES string of the molecule is CC1(c2cccc(C(=O)N[C@H]3CC[C@@H](C(=O)O)C3)c2)NC(=O)NC1=O. The van der Waals surface area contributed by atoms with Crippen molar-refractivity contribution in [3.05, 3.63) is 35.4 Å². The molecule has 25 heavy (non-hydrogen) atoms. The van der Waals surface area contributed by atoms with Crippen LogP contribution < -0.4 is 16.0 Å². The van der Waals surface area contributed by atoms with Gasteiger partial charge in [-0.25, -0.2) is 4.79 Å². The lowest BCUT2D eigenvalue weighted by Crippen LogP contribution is -2.41. The van der Waals surface area contributed by atoms with E-state index in [1.165, 1.54) is 0 Å². The van der Waals surface area contributed by atoms with Crippen LogP contribution in [-0.2, 0) is 15.1 Å². The highest BCUT2D eigenvalue weighted by Crippen LogP contribution is 2.27. The molecule has 1 heterocycles. The van der Waals surface area contributed by atoms with E-state index < -0.39 is 29.4 Å². The quantitative estimate of drug-likeness (QED) is 0.599. The molecule has 1 aromatic rings. The molecule has 0 radical (unpaired) electrons. The molecule has 3 atom stereocenters. The van der Waals surface area contributed by atoms with Gasteiger partial charge in [0, 0.05) is 11.6 Å². The van der Waals surface area contributed by atoms with E-state index in [-0.39, 0.29) is 11.9 Å². The largest absolute Gasteiger partial charge is 0.481 e. The number of carbonyl (C=O) groups is 4. The predicted molar refractivity (Wildman–Crippen MR) is 86.7 cm³/mol. The number of imide groups is 1. The van der Waals surface area contributed by atoms with Crippen LogP contribution in [0.2, 0.25) is 0 Å². The first-order chi connectivity index (χ1) is 11.8. The Hall–Kier alpha value is -2.90. The van der Waals surface area contributed by atoms with Gasteiger partial charge in [0.25, 0.3) is 11.8 Å². The molecule has 0 aromatic heterocycles. The molecule has 4 N–H and O–H groups in total. The van der Waals surface area contributed by atoms with Crippen LogP contribution in [-0.4, -0.2) is 35.0 Å². The van der Waals surface area contributed by atoms with Crippen molar-refractivity contribution >= 4 is 23.8 Å². The van der Waals surface area contributed by atoms with Crippen LogP contribution in [0.15, 0.2) is 24.3 Å². The molecular weight excluding hydrogens is 326 g/mol. The summed E-state index contributed by atoms with van der Waals surface area (Å²) in [7, 11) is 0. The summed E-state index contributed by atoms with van der Waals surface area (Å²) in [5.74, 6) is -2.07. The summed E-state index contributed by atoms with van der Waals surface area (Å²) in [6, 6.07) is 5.72. The molecule has 2 fully saturated rings. The molecule has 0 bridgehead atoms. The predicted octanol–water partition coefficient (Wildman–Crippen LogP) is 0.724. The van der Waals surface area contributed by atoms with Gasteiger partial charge in [-0.3, -0.25) is 19.7 Å². The van der Waals surface area contributed by atoms with Crippen LogP contribution in [0, 0.1) is 5.92 Å². The van der Waals surface area contributed by atoms with Crippen LogP contribution in [0.1, 0.15) is 42.1 Å². The third kappa shape index (κ3) is 3.19. The lowest BCUT2D eigenvalue weighted by molar-refractivity contribution is -0.141. The smallest absolute Gasteiger partial charge is 0.322 e. The second kappa shape index (κ2) is 6.19. The van der Waals surface area contributed by atoms with Gasteiger partial charge in [-0.1, -0.05) is 12.1 Å². The molecule has 1 aliphatic heterocycles. The normalized spacial score (nSPS) is 28.4. The fourth-order valence-corrected chi connectivity index (χ4v) is 3.32. The van der Waals surface area contributed by atoms with Crippen molar-refractivity contribution in [1.82, 2.24) is 16.0 Å². The third-order valence-corrected chi connectivity index (χ3v) is 4.86. The molecule has 1 aliphatic carbocycles. The molecular formula is C17H19N3O5. The number of carbonyl (C=O) groups excluding carboxylic acids is 3. The summed E-state index contributed by atoms with van der Waals surface area (Å²) in [5.41, 5.74) is -0.375. The topological polar surface area (TPSA) is 125 Å². The van der Waals surface area contributed by atoms with Gasteiger partial charge in [-0.05, 0) is 43.9 Å². The van der Waals surface area contributed by atoms with Crippen molar-refractivity contribution in [2.24, 2.45) is 5.92 Å². The van der Waals surface area contributed by atoms with E-state index in [1.807, 2.05) is 0 Å². The van der Waals surface area contributed by atoms with E-state index in [4.69, 9.17) is 5.11 Å². The lowest BCUT2D eigenvalue weighted by atomic mass is 9.91. The minimum atomic E-state index is -1.23. The van der Waals surface area contributed by atoms with Crippen molar-refractivity contribution in [1.29, 1.82) is 0 Å². The second-order valence-corrected chi connectivity index (χ2v) is 6.63. The molecule has 1 saturated heterocycles. The number of hydrogen-bond acceptors (Lipinski definition) is 4. The molecule has 3 rings (SSSR count). The average Bonchev–Trinajstić information content (AvgIpc) is 3.13. The fourth-order valence-electron chi connectivity index (χ4n) is 3.32. The highest BCUT2D eigenvalue weighted by Gasteiger charge is 2.43. The number of carboxylic acid groups (broad SMARTS) is 1. The zero-order valence-electron chi connectivity index (χ0n) is 13.7. The van der Waals surface area contributed by atoms with Crippen LogP contribution >= 0.6 is 0 Å². The van der Waals surface area contributed by atoms with Crippen molar-refractivity contribution in [2.45, 2.75) is 37.8 Å². The Balaban J connectivity index is 1.74. The van der Waals surface area contributed by atoms with Crippen LogP contribution in [0.3, 0.4) is 0 Å². The summed E-state index contributed by atoms with van der Waals surface area (Å²) in [4.78, 5) is 46.9. The Kier molecular flexibility index (Phi) is 4.20. The number of hydrogen-bond donors (Lipinski definition) is 4. The monoisotopic (exact) mass is 345 g/mol. The molecule has 8 nitrogen and oxygen atoms in total. The Labute approximate surface area is 144 Å². The summed E-state index contributed by atoms with van der Waals surface area (Å²) in [5, 5.41) is 16.6. The van der Waals surface area contributed by atoms with Crippen molar-refractivity contribution < 1.29 is 24.3 Å². The minimum absolute atomic E-state index is 0.178. The van der Waals surface area contributed by atoms with E-state index in [1.54, 1.807) is 31.2 Å². The van der Waals surface area contributed by atoms with Crippen molar-refractivity contribution in [3.63, 3.8) is 0 Å². The number of amides is 4. The van der Waals surface area contributed by atoms with E-state index in [2.05, 4.69) is 16.0 Å². The third-order valence-electron chi connectivity index (χ3n) is 4.86. The minimum Gasteiger partial charge on any atom is -0.481 e. The number of urea groups is 1. The summed E-state index contributed by atoms with van der Waals surface area (Å²) in [6.07, 6.45) is 1.58. The van der Waals surface area contributed by atoms with E-state index in [0.29, 0.717) is 30.4 Å². The molecule has 2 aliphatic rings. The van der Waals surface area contributed by atoms with Crippen molar-refractivity contribution in [3.8, 4) is 0 Å². The maximum atomic E-state index is 12.4. The first kappa shape index (κ1) is 16.9. The zero-order valence-corrected chi connectivity index (χ0v) is 13.7. The summed E-state index contributed by atoms with van der Waals surface area (Å²) < 4.78 is 0. The Morgan fingerprint density at radius 3 is 2.64 bits per heavy atom. The Morgan fingerprint density at radius 2 is 2.04 bits per heavy atom. The van der Waals surface area contributed by atoms with Gasteiger partial charge in [-0.15, -0.1) is 0 Å². The van der Waals surface area contributed by atoms with E-state index in [9.17, 15) is 19.2 Å². The van der Waals surface area contributed by atoms with Gasteiger partial charge < -0.3 is 15.7 Å². The Bertz CT molecular complexity index is 762. The molecule has 1 saturated carbocycles. The molecule has 0 spiro atoms. The number of nitrogens with one attached hydrogen (secondary N) is 3. The van der Waals surface area contributed by atoms with E-state index in [0.717, 1.165) is 0 Å². The fraction of sp³-hybridized carbons (Fsp3) is 0.412. The van der Waals surface area contributed by atoms with Gasteiger partial charge in [0.2, 0.25) is 0 Å².